The molecule has 2 fully saturated rings. The van der Waals surface area contributed by atoms with Crippen LogP contribution in [0.1, 0.15) is 19.3 Å². The predicted octanol–water partition coefficient (Wildman–Crippen LogP) is -0.0293. The van der Waals surface area contributed by atoms with Crippen LogP contribution in [0.15, 0.2) is 0 Å². The van der Waals surface area contributed by atoms with E-state index in [4.69, 9.17) is 0 Å². The van der Waals surface area contributed by atoms with Gasteiger partial charge in [0.15, 0.2) is 0 Å². The van der Waals surface area contributed by atoms with Crippen LogP contribution in [0.3, 0.4) is 0 Å². The van der Waals surface area contributed by atoms with E-state index in [1.807, 2.05) is 11.9 Å². The average Bonchev–Trinajstić information content (AvgIpc) is 2.56. The van der Waals surface area contributed by atoms with Crippen LogP contribution in [0.2, 0.25) is 0 Å². The highest BCUT2D eigenvalue weighted by Gasteiger charge is 2.46. The molecule has 3 nitrogen and oxygen atoms in total. The van der Waals surface area contributed by atoms with Crippen molar-refractivity contribution in [1.82, 2.24) is 10.2 Å². The number of likely N-dealkylation sites (N-methyl/N-ethyl adjacent to an activating group) is 1. The molecule has 0 aliphatic carbocycles. The fourth-order valence-corrected chi connectivity index (χ4v) is 2.13. The Hall–Kier alpha value is -0.570. The van der Waals surface area contributed by atoms with Crippen LogP contribution in [0, 0.1) is 0 Å². The van der Waals surface area contributed by atoms with Gasteiger partial charge in [-0.15, -0.1) is 0 Å². The van der Waals surface area contributed by atoms with Gasteiger partial charge in [0.1, 0.15) is 0 Å². The minimum absolute atomic E-state index is 0.144. The van der Waals surface area contributed by atoms with Crippen LogP contribution in [0.4, 0.5) is 0 Å². The van der Waals surface area contributed by atoms with Crippen molar-refractivity contribution < 1.29 is 4.79 Å². The second-order valence-corrected chi connectivity index (χ2v) is 3.59. The summed E-state index contributed by atoms with van der Waals surface area (Å²) < 4.78 is 0. The summed E-state index contributed by atoms with van der Waals surface area (Å²) in [6.07, 6.45) is 3.19. The van der Waals surface area contributed by atoms with Crippen LogP contribution < -0.4 is 5.32 Å². The Morgan fingerprint density at radius 1 is 1.55 bits per heavy atom. The van der Waals surface area contributed by atoms with E-state index in [1.165, 1.54) is 0 Å². The van der Waals surface area contributed by atoms with Gasteiger partial charge in [-0.25, -0.2) is 0 Å². The van der Waals surface area contributed by atoms with Gasteiger partial charge in [-0.1, -0.05) is 0 Å². The fourth-order valence-electron chi connectivity index (χ4n) is 2.13. The van der Waals surface area contributed by atoms with Gasteiger partial charge in [0.05, 0.1) is 5.54 Å². The minimum Gasteiger partial charge on any atom is -0.344 e. The van der Waals surface area contributed by atoms with E-state index in [0.717, 1.165) is 32.4 Å². The Morgan fingerprint density at radius 3 is 2.82 bits per heavy atom. The molecule has 2 aliphatic rings. The number of likely N-dealkylation sites (tertiary alicyclic amines) is 1. The average molecular weight is 154 g/mol. The smallest absolute Gasteiger partial charge is 0.242 e. The maximum atomic E-state index is 11.6. The van der Waals surface area contributed by atoms with E-state index in [1.54, 1.807) is 0 Å². The van der Waals surface area contributed by atoms with Crippen molar-refractivity contribution in [3.05, 3.63) is 0 Å². The van der Waals surface area contributed by atoms with Gasteiger partial charge < -0.3 is 10.2 Å². The third-order valence-electron chi connectivity index (χ3n) is 2.87. The molecule has 2 aliphatic heterocycles. The Balaban J connectivity index is 2.20. The molecule has 1 amide bonds. The molecule has 2 rings (SSSR count). The topological polar surface area (TPSA) is 32.3 Å². The molecule has 1 N–H and O–H groups in total. The van der Waals surface area contributed by atoms with Crippen LogP contribution in [-0.4, -0.2) is 36.5 Å². The van der Waals surface area contributed by atoms with Crippen molar-refractivity contribution in [1.29, 1.82) is 0 Å². The number of carbonyl (C=O) groups excluding carboxylic acids is 1. The van der Waals surface area contributed by atoms with Crippen LogP contribution in [0.5, 0.6) is 0 Å². The minimum atomic E-state index is -0.144. The summed E-state index contributed by atoms with van der Waals surface area (Å²) in [4.78, 5) is 13.4. The number of hydrogen-bond donors (Lipinski definition) is 1. The SMILES string of the molecule is CN1CC[C@@]2(CCCN2)C1=O. The third-order valence-corrected chi connectivity index (χ3v) is 2.87. The predicted molar refractivity (Wildman–Crippen MR) is 42.2 cm³/mol. The van der Waals surface area contributed by atoms with E-state index < -0.39 is 0 Å². The first-order valence-corrected chi connectivity index (χ1v) is 4.25. The van der Waals surface area contributed by atoms with Gasteiger partial charge in [0.25, 0.3) is 0 Å². The summed E-state index contributed by atoms with van der Waals surface area (Å²) in [5, 5.41) is 3.32. The summed E-state index contributed by atoms with van der Waals surface area (Å²) in [6.45, 7) is 1.94. The molecule has 3 heteroatoms. The highest BCUT2D eigenvalue weighted by molar-refractivity contribution is 5.88. The molecular weight excluding hydrogens is 140 g/mol. The highest BCUT2D eigenvalue weighted by atomic mass is 16.2. The lowest BCUT2D eigenvalue weighted by atomic mass is 9.96. The van der Waals surface area contributed by atoms with Crippen molar-refractivity contribution in [3.63, 3.8) is 0 Å². The zero-order valence-electron chi connectivity index (χ0n) is 6.89. The molecule has 0 bridgehead atoms. The van der Waals surface area contributed by atoms with E-state index in [0.29, 0.717) is 5.91 Å². The molecule has 1 atom stereocenters. The Bertz CT molecular complexity index is 185. The molecular formula is C8H14N2O. The second-order valence-electron chi connectivity index (χ2n) is 3.59. The number of nitrogens with zero attached hydrogens (tertiary/aromatic N) is 1. The van der Waals surface area contributed by atoms with Gasteiger partial charge in [-0.05, 0) is 25.8 Å². The molecule has 2 heterocycles. The van der Waals surface area contributed by atoms with Crippen LogP contribution >= 0.6 is 0 Å². The summed E-state index contributed by atoms with van der Waals surface area (Å²) in [6, 6.07) is 0. The number of nitrogens with one attached hydrogen (secondary N) is 1. The first-order chi connectivity index (χ1) is 5.25. The maximum absolute atomic E-state index is 11.6. The van der Waals surface area contributed by atoms with E-state index >= 15 is 0 Å². The first-order valence-electron chi connectivity index (χ1n) is 4.25. The van der Waals surface area contributed by atoms with E-state index in [2.05, 4.69) is 5.32 Å². The van der Waals surface area contributed by atoms with Crippen molar-refractivity contribution >= 4 is 5.91 Å². The van der Waals surface area contributed by atoms with Crippen molar-refractivity contribution in [2.24, 2.45) is 0 Å². The Morgan fingerprint density at radius 2 is 2.36 bits per heavy atom. The molecule has 0 aromatic rings. The molecule has 0 aromatic carbocycles. The number of carbonyl (C=O) groups is 1. The van der Waals surface area contributed by atoms with Crippen molar-refractivity contribution in [2.45, 2.75) is 24.8 Å². The monoisotopic (exact) mass is 154 g/mol. The second kappa shape index (κ2) is 2.21. The van der Waals surface area contributed by atoms with Crippen LogP contribution in [-0.2, 0) is 4.79 Å². The van der Waals surface area contributed by atoms with Gasteiger partial charge in [-0.3, -0.25) is 4.79 Å². The molecule has 0 unspecified atom stereocenters. The van der Waals surface area contributed by atoms with Gasteiger partial charge in [0, 0.05) is 13.6 Å². The lowest BCUT2D eigenvalue weighted by molar-refractivity contribution is -0.131. The lowest BCUT2D eigenvalue weighted by Gasteiger charge is -2.20. The number of rotatable bonds is 0. The van der Waals surface area contributed by atoms with Crippen molar-refractivity contribution in [2.75, 3.05) is 20.1 Å². The molecule has 0 aromatic heterocycles. The quantitative estimate of drug-likeness (QED) is 0.531. The van der Waals surface area contributed by atoms with Crippen molar-refractivity contribution in [3.8, 4) is 0 Å². The van der Waals surface area contributed by atoms with Gasteiger partial charge in [0.2, 0.25) is 5.91 Å². The molecule has 1 spiro atoms. The summed E-state index contributed by atoms with van der Waals surface area (Å²) in [5.74, 6) is 0.301. The van der Waals surface area contributed by atoms with Gasteiger partial charge in [-0.2, -0.15) is 0 Å². The molecule has 62 valence electrons. The maximum Gasteiger partial charge on any atom is 0.242 e. The fraction of sp³-hybridized carbons (Fsp3) is 0.875. The van der Waals surface area contributed by atoms with Crippen LogP contribution in [0.25, 0.3) is 0 Å². The van der Waals surface area contributed by atoms with E-state index in [9.17, 15) is 4.79 Å². The molecule has 2 saturated heterocycles. The molecule has 0 saturated carbocycles. The Kier molecular flexibility index (Phi) is 1.42. The summed E-state index contributed by atoms with van der Waals surface area (Å²) >= 11 is 0. The summed E-state index contributed by atoms with van der Waals surface area (Å²) in [5.41, 5.74) is -0.144. The van der Waals surface area contributed by atoms with E-state index in [-0.39, 0.29) is 5.54 Å². The van der Waals surface area contributed by atoms with Gasteiger partial charge >= 0.3 is 0 Å². The Labute approximate surface area is 66.8 Å². The lowest BCUT2D eigenvalue weighted by Crippen LogP contribution is -2.46. The highest BCUT2D eigenvalue weighted by Crippen LogP contribution is 2.30. The number of amides is 1. The molecule has 0 radical (unpaired) electrons. The number of hydrogen-bond acceptors (Lipinski definition) is 2. The normalized spacial score (nSPS) is 37.5. The summed E-state index contributed by atoms with van der Waals surface area (Å²) in [7, 11) is 1.89. The zero-order valence-corrected chi connectivity index (χ0v) is 6.89. The standard InChI is InChI=1S/C8H14N2O/c1-10-6-4-8(7(10)11)3-2-5-9-8/h9H,2-6H2,1H3/t8-/m0/s1. The molecule has 11 heavy (non-hydrogen) atoms. The first kappa shape index (κ1) is 7.10. The zero-order chi connectivity index (χ0) is 7.90. The third kappa shape index (κ3) is 0.872. The largest absolute Gasteiger partial charge is 0.344 e.